The highest BCUT2D eigenvalue weighted by Crippen LogP contribution is 2.35. The lowest BCUT2D eigenvalue weighted by Gasteiger charge is -2.42. The van der Waals surface area contributed by atoms with Crippen LogP contribution in [0.4, 0.5) is 83.4 Å². The molecule has 6 aliphatic heterocycles. The fraction of sp³-hybridized carbons (Fsp3) is 0.273. The van der Waals surface area contributed by atoms with E-state index < -0.39 is 12.1 Å². The van der Waals surface area contributed by atoms with Crippen LogP contribution in [0.25, 0.3) is 66.9 Å². The molecule has 15 heterocycles. The van der Waals surface area contributed by atoms with E-state index in [4.69, 9.17) is 14.2 Å². The topological polar surface area (TPSA) is 404 Å². The molecule has 6 fully saturated rings. The number of H-pyrrole nitrogens is 3. The number of ether oxygens (including phenoxy) is 3. The summed E-state index contributed by atoms with van der Waals surface area (Å²) in [5, 5.41) is 29.2. The van der Waals surface area contributed by atoms with E-state index in [0.717, 1.165) is 192 Å². The van der Waals surface area contributed by atoms with E-state index in [1.807, 2.05) is 109 Å². The molecule has 3 aromatic carbocycles. The normalized spacial score (nSPS) is 16.5. The SMILES string of the molecule is C=CC(=C)NC1CN(c2ccnc(NC(=O)Nc3ccc(-c4cc5c(N6CCOCC6)ncnc5[nH]4)cc3)c2)C1.C=CC(=O)NC1CCCN(c2ccnc(NC(=O)Nc3ccc(-c4cc5c(N6CCOCC6)ncnc5[nH]4)cc3)c2)C1.C=CC(=O)NC1CCN(c2ccnc(NC(=O)Nc3ccc(-c4cc5c(N6CCOCC6)ncnc5[nH]4)cc3)c2)C1. The second kappa shape index (κ2) is 38.5. The largest absolute Gasteiger partial charge is 0.379 e. The Kier molecular flexibility index (Phi) is 25.6. The lowest BCUT2D eigenvalue weighted by atomic mass is 10.0. The van der Waals surface area contributed by atoms with Crippen LogP contribution in [0.5, 0.6) is 0 Å². The summed E-state index contributed by atoms with van der Waals surface area (Å²) in [7, 11) is 0. The first-order chi connectivity index (χ1) is 60.2. The second-order valence-electron chi connectivity index (χ2n) is 30.0. The van der Waals surface area contributed by atoms with Gasteiger partial charge in [-0.1, -0.05) is 62.7 Å². The van der Waals surface area contributed by atoms with E-state index in [1.54, 1.807) is 43.6 Å². The first-order valence-corrected chi connectivity index (χ1v) is 40.8. The number of rotatable bonds is 22. The Morgan fingerprint density at radius 3 is 1.06 bits per heavy atom. The van der Waals surface area contributed by atoms with Crippen LogP contribution in [-0.2, 0) is 23.8 Å². The number of urea groups is 3. The summed E-state index contributed by atoms with van der Waals surface area (Å²) in [6.07, 6.45) is 16.7. The summed E-state index contributed by atoms with van der Waals surface area (Å²) < 4.78 is 16.4. The predicted octanol–water partition coefficient (Wildman–Crippen LogP) is 11.1. The Morgan fingerprint density at radius 1 is 0.358 bits per heavy atom. The number of nitrogens with one attached hydrogen (secondary N) is 12. The molecule has 0 aliphatic carbocycles. The van der Waals surface area contributed by atoms with Gasteiger partial charge in [0, 0.05) is 184 Å². The predicted molar refractivity (Wildman–Crippen MR) is 479 cm³/mol. The monoisotopic (exact) mass is 1660 g/mol. The summed E-state index contributed by atoms with van der Waals surface area (Å²) >= 11 is 0. The minimum absolute atomic E-state index is 0.0456. The summed E-state index contributed by atoms with van der Waals surface area (Å²) in [6.45, 7) is 28.2. The molecule has 0 bridgehead atoms. The molecule has 9 aromatic heterocycles. The van der Waals surface area contributed by atoms with Gasteiger partial charge in [0.25, 0.3) is 0 Å². The number of aromatic nitrogens is 12. The number of amides is 8. The third-order valence-electron chi connectivity index (χ3n) is 21.7. The standard InChI is InChI=1S/C30H33N9O3.C29H31N9O3.C29H31N9O2/c1-2-27(40)34-22-4-3-11-39(18-22)23-9-10-31-26(16-23)37-30(41)35-21-7-5-20(6-8-21)25-17-24-28(36-25)32-19-33-29(24)38-12-14-42-15-13-38;1-2-26(39)33-21-8-10-38(17-21)22-7-9-30-25(15-22)36-29(40)34-20-5-3-19(4-6-20)24-16-23-27(35-24)31-18-32-28(23)37-11-13-41-14-12-37;1-3-19(2)33-22-16-38(17-22)23-8-9-30-26(14-23)36-29(39)34-21-6-4-20(5-7-21)25-15-24-27(35-25)31-18-32-28(24)37-10-12-40-13-11-37/h2,5-10,16-17,19,22H,1,3-4,11-15,18H2,(H,34,40)(H,32,33,36)(H2,31,35,37,41);2-7,9,15-16,18,21H,1,8,10-14,17H2,(H,33,39)(H,31,32,35)(H2,30,34,36,40);3-9,14-15,18,22,33H,1-2,10-13,16-17H2,(H,31,32,35)(H2,30,34,36,39). The van der Waals surface area contributed by atoms with Gasteiger partial charge in [-0.25, -0.2) is 59.2 Å². The first kappa shape index (κ1) is 81.9. The van der Waals surface area contributed by atoms with Gasteiger partial charge in [-0.3, -0.25) is 25.5 Å². The van der Waals surface area contributed by atoms with Gasteiger partial charge in [-0.2, -0.15) is 0 Å². The molecule has 2 atom stereocenters. The van der Waals surface area contributed by atoms with Crippen LogP contribution < -0.4 is 77.3 Å². The van der Waals surface area contributed by atoms with Crippen LogP contribution in [0.1, 0.15) is 19.3 Å². The van der Waals surface area contributed by atoms with Crippen molar-refractivity contribution in [2.45, 2.75) is 37.4 Å². The first-order valence-electron chi connectivity index (χ1n) is 40.8. The van der Waals surface area contributed by atoms with Crippen LogP contribution in [0.2, 0.25) is 0 Å². The number of hydrogen-bond acceptors (Lipinski definition) is 24. The second-order valence-corrected chi connectivity index (χ2v) is 30.0. The number of carbonyl (C=O) groups is 5. The summed E-state index contributed by atoms with van der Waals surface area (Å²) in [5.41, 5.74) is 13.6. The maximum atomic E-state index is 12.8. The molecule has 35 heteroatoms. The van der Waals surface area contributed by atoms with Crippen molar-refractivity contribution in [1.82, 2.24) is 75.8 Å². The van der Waals surface area contributed by atoms with E-state index in [1.165, 1.54) is 12.2 Å². The third-order valence-corrected chi connectivity index (χ3v) is 21.7. The van der Waals surface area contributed by atoms with Gasteiger partial charge in [0.1, 0.15) is 70.8 Å². The molecule has 630 valence electrons. The van der Waals surface area contributed by atoms with Gasteiger partial charge >= 0.3 is 18.1 Å². The highest BCUT2D eigenvalue weighted by atomic mass is 16.5. The maximum absolute atomic E-state index is 12.8. The molecular formula is C88H95N27O8. The van der Waals surface area contributed by atoms with Crippen molar-refractivity contribution in [2.75, 3.05) is 179 Å². The van der Waals surface area contributed by atoms with Crippen LogP contribution in [0.15, 0.2) is 215 Å². The molecule has 6 aliphatic rings. The minimum Gasteiger partial charge on any atom is -0.379 e. The molecule has 18 rings (SSSR count). The number of allylic oxidation sites excluding steroid dienone is 1. The third kappa shape index (κ3) is 20.5. The van der Waals surface area contributed by atoms with Gasteiger partial charge in [-0.05, 0) is 127 Å². The number of carbonyl (C=O) groups excluding carboxylic acids is 5. The average Bonchev–Trinajstić information content (AvgIpc) is 1.75. The smallest absolute Gasteiger partial charge is 0.324 e. The molecular weight excluding hydrogens is 1560 g/mol. The summed E-state index contributed by atoms with van der Waals surface area (Å²) in [4.78, 5) is 125. The quantitative estimate of drug-likeness (QED) is 0.0221. The number of fused-ring (bicyclic) bond motifs is 3. The zero-order valence-electron chi connectivity index (χ0n) is 67.7. The van der Waals surface area contributed by atoms with Gasteiger partial charge in [0.2, 0.25) is 11.8 Å². The summed E-state index contributed by atoms with van der Waals surface area (Å²) in [5.74, 6) is 3.72. The van der Waals surface area contributed by atoms with Crippen molar-refractivity contribution in [3.05, 3.63) is 215 Å². The van der Waals surface area contributed by atoms with Crippen molar-refractivity contribution < 1.29 is 38.2 Å². The van der Waals surface area contributed by atoms with E-state index in [0.29, 0.717) is 93.3 Å². The Labute approximate surface area is 708 Å². The zero-order valence-corrected chi connectivity index (χ0v) is 67.7. The Hall–Kier alpha value is -14.8. The van der Waals surface area contributed by atoms with Crippen molar-refractivity contribution in [2.24, 2.45) is 0 Å². The van der Waals surface area contributed by atoms with Gasteiger partial charge in [0.15, 0.2) is 0 Å². The van der Waals surface area contributed by atoms with E-state index >= 15 is 0 Å². The minimum atomic E-state index is -0.393. The number of morpholine rings is 3. The van der Waals surface area contributed by atoms with Crippen molar-refractivity contribution in [1.29, 1.82) is 0 Å². The number of nitrogens with zero attached hydrogens (tertiary/aromatic N) is 15. The Morgan fingerprint density at radius 2 is 0.699 bits per heavy atom. The molecule has 35 nitrogen and oxygen atoms in total. The number of anilines is 12. The van der Waals surface area contributed by atoms with E-state index in [-0.39, 0.29) is 29.9 Å². The van der Waals surface area contributed by atoms with Gasteiger partial charge in [-0.15, -0.1) is 0 Å². The van der Waals surface area contributed by atoms with Crippen molar-refractivity contribution in [3.63, 3.8) is 0 Å². The highest BCUT2D eigenvalue weighted by molar-refractivity contribution is 6.02. The zero-order chi connectivity index (χ0) is 84.5. The van der Waals surface area contributed by atoms with Gasteiger partial charge < -0.3 is 90.5 Å². The molecule has 8 amide bonds. The number of benzene rings is 3. The molecule has 6 saturated heterocycles. The van der Waals surface area contributed by atoms with Gasteiger partial charge in [0.05, 0.1) is 61.8 Å². The highest BCUT2D eigenvalue weighted by Gasteiger charge is 2.30. The van der Waals surface area contributed by atoms with Crippen molar-refractivity contribution >= 4 is 132 Å². The summed E-state index contributed by atoms with van der Waals surface area (Å²) in [6, 6.07) is 39.5. The van der Waals surface area contributed by atoms with E-state index in [2.05, 4.69) is 182 Å². The van der Waals surface area contributed by atoms with Crippen LogP contribution in [-0.4, -0.2) is 226 Å². The molecule has 12 N–H and O–H groups in total. The number of pyridine rings is 3. The molecule has 0 radical (unpaired) electrons. The Balaban J connectivity index is 0.000000137. The lowest BCUT2D eigenvalue weighted by molar-refractivity contribution is -0.118. The van der Waals surface area contributed by atoms with Crippen LogP contribution in [0.3, 0.4) is 0 Å². The lowest BCUT2D eigenvalue weighted by Crippen LogP contribution is -2.57. The Bertz CT molecular complexity index is 5800. The number of hydrogen-bond donors (Lipinski definition) is 12. The van der Waals surface area contributed by atoms with Crippen molar-refractivity contribution in [3.8, 4) is 33.8 Å². The number of aromatic amines is 3. The molecule has 0 spiro atoms. The fourth-order valence-corrected chi connectivity index (χ4v) is 15.5. The van der Waals surface area contributed by atoms with Crippen LogP contribution >= 0.6 is 0 Å². The fourth-order valence-electron chi connectivity index (χ4n) is 15.5. The molecule has 2 unspecified atom stereocenters. The molecule has 123 heavy (non-hydrogen) atoms. The maximum Gasteiger partial charge on any atom is 0.324 e. The average molecular weight is 1660 g/mol. The van der Waals surface area contributed by atoms with E-state index in [9.17, 15) is 24.0 Å². The van der Waals surface area contributed by atoms with Crippen LogP contribution in [0, 0.1) is 0 Å². The molecule has 12 aromatic rings. The molecule has 0 saturated carbocycles. The number of piperidine rings is 1.